The van der Waals surface area contributed by atoms with Gasteiger partial charge in [-0.1, -0.05) is 48.6 Å². The van der Waals surface area contributed by atoms with Gasteiger partial charge in [-0.05, 0) is 54.4 Å². The van der Waals surface area contributed by atoms with Gasteiger partial charge in [0.15, 0.2) is 0 Å². The number of imidazole rings is 1. The standard InChI is InChI=1S/C25H25N3O3S/c1-19-27-24-7-3-4-8-25(24)28(19)18-21-11-15-23(16-12-21)32(29,30)26-17-5-6-20-9-13-22(31-2)14-10-20/h3-16,26H,17-18H2,1-2H3. The third-order valence-electron chi connectivity index (χ3n) is 5.24. The van der Waals surface area contributed by atoms with Crippen molar-refractivity contribution in [3.8, 4) is 5.75 Å². The van der Waals surface area contributed by atoms with Gasteiger partial charge in [-0.25, -0.2) is 18.1 Å². The fraction of sp³-hybridized carbons (Fsp3) is 0.160. The number of hydrogen-bond donors (Lipinski definition) is 1. The number of nitrogens with one attached hydrogen (secondary N) is 1. The van der Waals surface area contributed by atoms with E-state index in [9.17, 15) is 8.42 Å². The fourth-order valence-corrected chi connectivity index (χ4v) is 4.48. The zero-order valence-electron chi connectivity index (χ0n) is 18.0. The molecule has 0 fully saturated rings. The second kappa shape index (κ2) is 9.38. The van der Waals surface area contributed by atoms with E-state index in [4.69, 9.17) is 4.74 Å². The Labute approximate surface area is 188 Å². The van der Waals surface area contributed by atoms with Gasteiger partial charge in [0, 0.05) is 13.1 Å². The maximum Gasteiger partial charge on any atom is 0.240 e. The van der Waals surface area contributed by atoms with Gasteiger partial charge < -0.3 is 9.30 Å². The van der Waals surface area contributed by atoms with Gasteiger partial charge >= 0.3 is 0 Å². The largest absolute Gasteiger partial charge is 0.497 e. The summed E-state index contributed by atoms with van der Waals surface area (Å²) in [6, 6.07) is 22.5. The molecular weight excluding hydrogens is 422 g/mol. The zero-order chi connectivity index (χ0) is 22.6. The van der Waals surface area contributed by atoms with Crippen LogP contribution in [0.1, 0.15) is 17.0 Å². The molecule has 0 amide bonds. The highest BCUT2D eigenvalue weighted by Crippen LogP contribution is 2.18. The van der Waals surface area contributed by atoms with Crippen LogP contribution in [0.25, 0.3) is 17.1 Å². The first-order chi connectivity index (χ1) is 15.5. The van der Waals surface area contributed by atoms with E-state index >= 15 is 0 Å². The summed E-state index contributed by atoms with van der Waals surface area (Å²) in [5.41, 5.74) is 3.99. The fourth-order valence-electron chi connectivity index (χ4n) is 3.50. The Kier molecular flexibility index (Phi) is 6.39. The van der Waals surface area contributed by atoms with Crippen molar-refractivity contribution in [3.63, 3.8) is 0 Å². The van der Waals surface area contributed by atoms with Gasteiger partial charge in [0.2, 0.25) is 10.0 Å². The van der Waals surface area contributed by atoms with E-state index in [2.05, 4.69) is 14.3 Å². The van der Waals surface area contributed by atoms with Crippen LogP contribution in [-0.2, 0) is 16.6 Å². The van der Waals surface area contributed by atoms with Gasteiger partial charge in [-0.2, -0.15) is 0 Å². The van der Waals surface area contributed by atoms with Crippen molar-refractivity contribution in [3.05, 3.63) is 95.8 Å². The molecule has 0 saturated carbocycles. The van der Waals surface area contributed by atoms with Crippen molar-refractivity contribution >= 4 is 27.1 Å². The first-order valence-corrected chi connectivity index (χ1v) is 11.8. The molecule has 164 valence electrons. The van der Waals surface area contributed by atoms with Crippen LogP contribution >= 0.6 is 0 Å². The number of nitrogens with zero attached hydrogens (tertiary/aromatic N) is 2. The minimum atomic E-state index is -3.59. The van der Waals surface area contributed by atoms with E-state index < -0.39 is 10.0 Å². The Morgan fingerprint density at radius 1 is 1.00 bits per heavy atom. The summed E-state index contributed by atoms with van der Waals surface area (Å²) < 4.78 is 35.1. The SMILES string of the molecule is COc1ccc(C=CCNS(=O)(=O)c2ccc(Cn3c(C)nc4ccccc43)cc2)cc1. The van der Waals surface area contributed by atoms with Crippen LogP contribution < -0.4 is 9.46 Å². The number of rotatable bonds is 8. The quantitative estimate of drug-likeness (QED) is 0.435. The average Bonchev–Trinajstić information content (AvgIpc) is 3.12. The molecule has 0 aliphatic rings. The van der Waals surface area contributed by atoms with Gasteiger partial charge in [0.25, 0.3) is 0 Å². The highest BCUT2D eigenvalue weighted by Gasteiger charge is 2.13. The number of aromatic nitrogens is 2. The Morgan fingerprint density at radius 3 is 2.44 bits per heavy atom. The lowest BCUT2D eigenvalue weighted by atomic mass is 10.2. The first kappa shape index (κ1) is 21.8. The number of hydrogen-bond acceptors (Lipinski definition) is 4. The molecule has 0 atom stereocenters. The zero-order valence-corrected chi connectivity index (χ0v) is 18.8. The predicted octanol–water partition coefficient (Wildman–Crippen LogP) is 4.39. The number of ether oxygens (including phenoxy) is 1. The summed E-state index contributed by atoms with van der Waals surface area (Å²) in [4.78, 5) is 4.82. The van der Waals surface area contributed by atoms with Crippen LogP contribution in [0.3, 0.4) is 0 Å². The molecular formula is C25H25N3O3S. The summed E-state index contributed by atoms with van der Waals surface area (Å²) in [5, 5.41) is 0. The highest BCUT2D eigenvalue weighted by molar-refractivity contribution is 7.89. The van der Waals surface area contributed by atoms with E-state index in [-0.39, 0.29) is 11.4 Å². The third kappa shape index (κ3) is 4.90. The Hall–Kier alpha value is -3.42. The summed E-state index contributed by atoms with van der Waals surface area (Å²) in [6.07, 6.45) is 3.64. The molecule has 6 nitrogen and oxygen atoms in total. The van der Waals surface area contributed by atoms with Crippen LogP contribution in [0.2, 0.25) is 0 Å². The topological polar surface area (TPSA) is 73.2 Å². The molecule has 0 spiro atoms. The van der Waals surface area contributed by atoms with E-state index in [1.807, 2.05) is 73.7 Å². The van der Waals surface area contributed by atoms with Gasteiger partial charge in [-0.15, -0.1) is 0 Å². The molecule has 0 aliphatic carbocycles. The van der Waals surface area contributed by atoms with Crippen molar-refractivity contribution in [2.75, 3.05) is 13.7 Å². The van der Waals surface area contributed by atoms with Gasteiger partial charge in [0.05, 0.1) is 23.0 Å². The van der Waals surface area contributed by atoms with Crippen molar-refractivity contribution in [2.45, 2.75) is 18.4 Å². The molecule has 0 bridgehead atoms. The number of aryl methyl sites for hydroxylation is 1. The average molecular weight is 448 g/mol. The lowest BCUT2D eigenvalue weighted by Crippen LogP contribution is -2.23. The molecule has 1 heterocycles. The lowest BCUT2D eigenvalue weighted by Gasteiger charge is -2.09. The summed E-state index contributed by atoms with van der Waals surface area (Å²) in [5.74, 6) is 1.70. The molecule has 4 rings (SSSR count). The molecule has 7 heteroatoms. The van der Waals surface area contributed by atoms with E-state index in [1.54, 1.807) is 25.3 Å². The highest BCUT2D eigenvalue weighted by atomic mass is 32.2. The Morgan fingerprint density at radius 2 is 1.72 bits per heavy atom. The molecule has 4 aromatic rings. The van der Waals surface area contributed by atoms with Gasteiger partial charge in [0.1, 0.15) is 11.6 Å². The summed E-state index contributed by atoms with van der Waals surface area (Å²) in [6.45, 7) is 2.81. The summed E-state index contributed by atoms with van der Waals surface area (Å²) in [7, 11) is -1.97. The monoisotopic (exact) mass is 447 g/mol. The normalized spacial score (nSPS) is 11.9. The Bertz CT molecular complexity index is 1340. The molecule has 3 aromatic carbocycles. The molecule has 1 aromatic heterocycles. The molecule has 32 heavy (non-hydrogen) atoms. The van der Waals surface area contributed by atoms with Crippen LogP contribution in [-0.4, -0.2) is 31.6 Å². The van der Waals surface area contributed by atoms with E-state index in [1.165, 1.54) is 0 Å². The minimum Gasteiger partial charge on any atom is -0.497 e. The van der Waals surface area contributed by atoms with Crippen molar-refractivity contribution in [1.82, 2.24) is 14.3 Å². The minimum absolute atomic E-state index is 0.205. The molecule has 0 radical (unpaired) electrons. The number of methoxy groups -OCH3 is 1. The third-order valence-corrected chi connectivity index (χ3v) is 6.68. The number of benzene rings is 3. The second-order valence-corrected chi connectivity index (χ2v) is 9.17. The predicted molar refractivity (Wildman–Crippen MR) is 127 cm³/mol. The van der Waals surface area contributed by atoms with Crippen molar-refractivity contribution in [2.24, 2.45) is 0 Å². The maximum absolute atomic E-state index is 12.6. The number of para-hydroxylation sites is 2. The second-order valence-electron chi connectivity index (χ2n) is 7.41. The number of sulfonamides is 1. The van der Waals surface area contributed by atoms with Gasteiger partial charge in [-0.3, -0.25) is 0 Å². The number of fused-ring (bicyclic) bond motifs is 1. The van der Waals surface area contributed by atoms with Crippen LogP contribution in [0, 0.1) is 6.92 Å². The maximum atomic E-state index is 12.6. The van der Waals surface area contributed by atoms with Crippen molar-refractivity contribution < 1.29 is 13.2 Å². The van der Waals surface area contributed by atoms with Crippen LogP contribution in [0.15, 0.2) is 83.8 Å². The molecule has 0 unspecified atom stereocenters. The van der Waals surface area contributed by atoms with E-state index in [0.29, 0.717) is 6.54 Å². The molecule has 1 N–H and O–H groups in total. The first-order valence-electron chi connectivity index (χ1n) is 10.3. The molecule has 0 aliphatic heterocycles. The molecule has 0 saturated heterocycles. The van der Waals surface area contributed by atoms with E-state index in [0.717, 1.165) is 33.7 Å². The van der Waals surface area contributed by atoms with Crippen molar-refractivity contribution in [1.29, 1.82) is 0 Å². The van der Waals surface area contributed by atoms with Crippen LogP contribution in [0.5, 0.6) is 5.75 Å². The Balaban J connectivity index is 1.40. The van der Waals surface area contributed by atoms with Crippen LogP contribution in [0.4, 0.5) is 0 Å². The smallest absolute Gasteiger partial charge is 0.240 e. The lowest BCUT2D eigenvalue weighted by molar-refractivity contribution is 0.415. The summed E-state index contributed by atoms with van der Waals surface area (Å²) >= 11 is 0.